The fourth-order valence-electron chi connectivity index (χ4n) is 2.02. The molecule has 4 heteroatoms. The molecule has 0 saturated heterocycles. The molecule has 2 rings (SSSR count). The number of hydrogen-bond acceptors (Lipinski definition) is 2. The Labute approximate surface area is 124 Å². The van der Waals surface area contributed by atoms with Gasteiger partial charge in [0.05, 0.1) is 12.1 Å². The maximum atomic E-state index is 13.5. The summed E-state index contributed by atoms with van der Waals surface area (Å²) in [5, 5.41) is 10.1. The average Bonchev–Trinajstić information content (AvgIpc) is 2.42. The van der Waals surface area contributed by atoms with Crippen LogP contribution in [0.2, 0.25) is 0 Å². The molecule has 0 saturated carbocycles. The molecule has 0 fully saturated rings. The predicted octanol–water partition coefficient (Wildman–Crippen LogP) is 3.16. The molecule has 0 aliphatic rings. The molecule has 3 N–H and O–H groups in total. The smallest absolute Gasteiger partial charge is 0.126 e. The maximum Gasteiger partial charge on any atom is 0.126 e. The highest BCUT2D eigenvalue weighted by molar-refractivity contribution is 5.85. The standard InChI is InChI=1S/C16H18FNO.ClH/c1-11-7-8-13(10-14(11)17)16(18)15(19)9-12-5-3-2-4-6-12;/h2-8,10,15-16,19H,9,18H2,1H3;1H/t15-,16+;/m0./s1. The number of aryl methyl sites for hydroxylation is 1. The highest BCUT2D eigenvalue weighted by Crippen LogP contribution is 2.20. The van der Waals surface area contributed by atoms with Crippen LogP contribution in [0.5, 0.6) is 0 Å². The second kappa shape index (κ2) is 7.39. The molecule has 108 valence electrons. The van der Waals surface area contributed by atoms with Gasteiger partial charge in [0.25, 0.3) is 0 Å². The second-order valence-corrected chi connectivity index (χ2v) is 4.79. The molecule has 0 aromatic heterocycles. The third-order valence-corrected chi connectivity index (χ3v) is 3.28. The van der Waals surface area contributed by atoms with E-state index in [0.717, 1.165) is 5.56 Å². The monoisotopic (exact) mass is 295 g/mol. The van der Waals surface area contributed by atoms with E-state index in [-0.39, 0.29) is 18.2 Å². The zero-order valence-electron chi connectivity index (χ0n) is 11.3. The summed E-state index contributed by atoms with van der Waals surface area (Å²) in [5.41, 5.74) is 8.20. The zero-order valence-corrected chi connectivity index (χ0v) is 12.1. The maximum absolute atomic E-state index is 13.5. The summed E-state index contributed by atoms with van der Waals surface area (Å²) in [4.78, 5) is 0. The van der Waals surface area contributed by atoms with Crippen molar-refractivity contribution in [2.24, 2.45) is 5.73 Å². The van der Waals surface area contributed by atoms with E-state index in [1.807, 2.05) is 30.3 Å². The van der Waals surface area contributed by atoms with Crippen molar-refractivity contribution in [1.82, 2.24) is 0 Å². The van der Waals surface area contributed by atoms with E-state index in [1.54, 1.807) is 19.1 Å². The van der Waals surface area contributed by atoms with Crippen LogP contribution >= 0.6 is 12.4 Å². The van der Waals surface area contributed by atoms with Crippen molar-refractivity contribution >= 4 is 12.4 Å². The van der Waals surface area contributed by atoms with E-state index < -0.39 is 12.1 Å². The largest absolute Gasteiger partial charge is 0.391 e. The molecule has 20 heavy (non-hydrogen) atoms. The number of halogens is 2. The molecule has 0 unspecified atom stereocenters. The molecule has 0 radical (unpaired) electrons. The molecular weight excluding hydrogens is 277 g/mol. The van der Waals surface area contributed by atoms with Crippen LogP contribution in [0.15, 0.2) is 48.5 Å². The highest BCUT2D eigenvalue weighted by Gasteiger charge is 2.18. The van der Waals surface area contributed by atoms with Crippen LogP contribution in [-0.4, -0.2) is 11.2 Å². The van der Waals surface area contributed by atoms with Crippen molar-refractivity contribution in [2.75, 3.05) is 0 Å². The number of aliphatic hydroxyl groups is 1. The Bertz CT molecular complexity index is 547. The van der Waals surface area contributed by atoms with Crippen LogP contribution in [0.25, 0.3) is 0 Å². The number of nitrogens with two attached hydrogens (primary N) is 1. The topological polar surface area (TPSA) is 46.2 Å². The van der Waals surface area contributed by atoms with Crippen molar-refractivity contribution in [1.29, 1.82) is 0 Å². The van der Waals surface area contributed by atoms with Crippen LogP contribution < -0.4 is 5.73 Å². The summed E-state index contributed by atoms with van der Waals surface area (Å²) in [6, 6.07) is 13.9. The predicted molar refractivity (Wildman–Crippen MR) is 81.5 cm³/mol. The van der Waals surface area contributed by atoms with Gasteiger partial charge in [-0.2, -0.15) is 0 Å². The van der Waals surface area contributed by atoms with Gasteiger partial charge in [0.2, 0.25) is 0 Å². The number of hydrogen-bond donors (Lipinski definition) is 2. The van der Waals surface area contributed by atoms with Crippen molar-refractivity contribution in [3.63, 3.8) is 0 Å². The first kappa shape index (κ1) is 16.6. The van der Waals surface area contributed by atoms with Crippen LogP contribution in [0, 0.1) is 12.7 Å². The van der Waals surface area contributed by atoms with Crippen molar-refractivity contribution in [3.05, 3.63) is 71.0 Å². The fourth-order valence-corrected chi connectivity index (χ4v) is 2.02. The molecule has 2 atom stereocenters. The summed E-state index contributed by atoms with van der Waals surface area (Å²) < 4.78 is 13.5. The van der Waals surface area contributed by atoms with Gasteiger partial charge in [0.1, 0.15) is 5.82 Å². The first-order chi connectivity index (χ1) is 9.08. The molecule has 0 aliphatic heterocycles. The molecule has 2 nitrogen and oxygen atoms in total. The second-order valence-electron chi connectivity index (χ2n) is 4.79. The van der Waals surface area contributed by atoms with Gasteiger partial charge in [-0.15, -0.1) is 12.4 Å². The molecule has 2 aromatic rings. The first-order valence-electron chi connectivity index (χ1n) is 6.31. The molecular formula is C16H19ClFNO. The van der Waals surface area contributed by atoms with Crippen LogP contribution in [-0.2, 0) is 6.42 Å². The van der Waals surface area contributed by atoms with Crippen molar-refractivity contribution < 1.29 is 9.50 Å². The number of aliphatic hydroxyl groups excluding tert-OH is 1. The van der Waals surface area contributed by atoms with Crippen molar-refractivity contribution in [3.8, 4) is 0 Å². The van der Waals surface area contributed by atoms with E-state index >= 15 is 0 Å². The summed E-state index contributed by atoms with van der Waals surface area (Å²) in [6.07, 6.45) is -0.276. The van der Waals surface area contributed by atoms with E-state index in [0.29, 0.717) is 17.5 Å². The lowest BCUT2D eigenvalue weighted by Crippen LogP contribution is -2.28. The van der Waals surface area contributed by atoms with Crippen molar-refractivity contribution in [2.45, 2.75) is 25.5 Å². The Balaban J connectivity index is 0.00000200. The highest BCUT2D eigenvalue weighted by atomic mass is 35.5. The SMILES string of the molecule is Cc1ccc([C@@H](N)[C@@H](O)Cc2ccccc2)cc1F.Cl. The minimum atomic E-state index is -0.732. The number of benzene rings is 2. The molecule has 0 heterocycles. The van der Waals surface area contributed by atoms with Gasteiger partial charge >= 0.3 is 0 Å². The summed E-state index contributed by atoms with van der Waals surface area (Å²) in [5.74, 6) is -0.292. The van der Waals surface area contributed by atoms with Gasteiger partial charge < -0.3 is 10.8 Å². The third-order valence-electron chi connectivity index (χ3n) is 3.28. The minimum Gasteiger partial charge on any atom is -0.391 e. The van der Waals surface area contributed by atoms with E-state index in [2.05, 4.69) is 0 Å². The normalized spacial score (nSPS) is 13.4. The Hall–Kier alpha value is -1.42. The Morgan fingerprint density at radius 2 is 1.80 bits per heavy atom. The van der Waals surface area contributed by atoms with Gasteiger partial charge in [0.15, 0.2) is 0 Å². The van der Waals surface area contributed by atoms with Gasteiger partial charge in [0, 0.05) is 6.42 Å². The third kappa shape index (κ3) is 4.04. The lowest BCUT2D eigenvalue weighted by molar-refractivity contribution is 0.145. The minimum absolute atomic E-state index is 0. The van der Waals surface area contributed by atoms with Crippen LogP contribution in [0.1, 0.15) is 22.7 Å². The summed E-state index contributed by atoms with van der Waals surface area (Å²) >= 11 is 0. The lowest BCUT2D eigenvalue weighted by Gasteiger charge is -2.19. The zero-order chi connectivity index (χ0) is 13.8. The van der Waals surface area contributed by atoms with Gasteiger partial charge in [-0.25, -0.2) is 4.39 Å². The Kier molecular flexibility index (Phi) is 6.14. The van der Waals surface area contributed by atoms with Gasteiger partial charge in [-0.1, -0.05) is 42.5 Å². The summed E-state index contributed by atoms with van der Waals surface area (Å²) in [6.45, 7) is 1.70. The number of rotatable bonds is 4. The van der Waals surface area contributed by atoms with Crippen LogP contribution in [0.3, 0.4) is 0 Å². The molecule has 0 spiro atoms. The van der Waals surface area contributed by atoms with Gasteiger partial charge in [-0.05, 0) is 29.7 Å². The van der Waals surface area contributed by atoms with E-state index in [4.69, 9.17) is 5.73 Å². The quantitative estimate of drug-likeness (QED) is 0.910. The lowest BCUT2D eigenvalue weighted by atomic mass is 9.96. The average molecular weight is 296 g/mol. The Morgan fingerprint density at radius 1 is 1.15 bits per heavy atom. The van der Waals surface area contributed by atoms with E-state index in [9.17, 15) is 9.50 Å². The van der Waals surface area contributed by atoms with Gasteiger partial charge in [-0.3, -0.25) is 0 Å². The van der Waals surface area contributed by atoms with Crippen LogP contribution in [0.4, 0.5) is 4.39 Å². The molecule has 0 bridgehead atoms. The summed E-state index contributed by atoms with van der Waals surface area (Å²) in [7, 11) is 0. The Morgan fingerprint density at radius 3 is 2.40 bits per heavy atom. The van der Waals surface area contributed by atoms with E-state index in [1.165, 1.54) is 6.07 Å². The molecule has 0 aliphatic carbocycles. The first-order valence-corrected chi connectivity index (χ1v) is 6.31. The molecule has 0 amide bonds. The molecule has 2 aromatic carbocycles. The fraction of sp³-hybridized carbons (Fsp3) is 0.250.